The molecule has 0 bridgehead atoms. The summed E-state index contributed by atoms with van der Waals surface area (Å²) in [6, 6.07) is 7.48. The monoisotopic (exact) mass is 249 g/mol. The van der Waals surface area contributed by atoms with Gasteiger partial charge in [0.1, 0.15) is 0 Å². The number of halogens is 2. The minimum absolute atomic E-state index is 0.110. The van der Waals surface area contributed by atoms with E-state index in [0.717, 1.165) is 11.0 Å². The molecule has 0 atom stereocenters. The lowest BCUT2D eigenvalue weighted by molar-refractivity contribution is 0.0256. The first-order valence-corrected chi connectivity index (χ1v) is 5.91. The van der Waals surface area contributed by atoms with Gasteiger partial charge in [0, 0.05) is 13.0 Å². The third-order valence-electron chi connectivity index (χ3n) is 3.19. The van der Waals surface area contributed by atoms with Gasteiger partial charge in [-0.3, -0.25) is 0 Å². The largest absolute Gasteiger partial charge is 0.349 e. The standard InChI is InChI=1S/C13H13F2N3/c1-9-12(18-7-6-13(14,15)8-18)17-11-5-3-2-4-10(11)16-9/h2-5H,6-8H2,1H3. The highest BCUT2D eigenvalue weighted by molar-refractivity contribution is 5.76. The van der Waals surface area contributed by atoms with E-state index in [2.05, 4.69) is 9.97 Å². The Hall–Kier alpha value is -1.78. The number of para-hydroxylation sites is 2. The second-order valence-corrected chi connectivity index (χ2v) is 4.65. The summed E-state index contributed by atoms with van der Waals surface area (Å²) in [6.07, 6.45) is -0.110. The van der Waals surface area contributed by atoms with Crippen molar-refractivity contribution in [3.8, 4) is 0 Å². The zero-order chi connectivity index (χ0) is 12.8. The van der Waals surface area contributed by atoms with Gasteiger partial charge in [-0.1, -0.05) is 12.1 Å². The Morgan fingerprint density at radius 2 is 1.83 bits per heavy atom. The number of alkyl halides is 2. The van der Waals surface area contributed by atoms with Crippen molar-refractivity contribution in [2.45, 2.75) is 19.3 Å². The highest BCUT2D eigenvalue weighted by Crippen LogP contribution is 2.31. The molecule has 0 amide bonds. The summed E-state index contributed by atoms with van der Waals surface area (Å²) in [4.78, 5) is 10.5. The van der Waals surface area contributed by atoms with Crippen LogP contribution < -0.4 is 4.90 Å². The van der Waals surface area contributed by atoms with E-state index in [0.29, 0.717) is 18.1 Å². The number of aromatic nitrogens is 2. The Bertz CT molecular complexity index is 598. The highest BCUT2D eigenvalue weighted by atomic mass is 19.3. The fourth-order valence-corrected chi connectivity index (χ4v) is 2.30. The first kappa shape index (κ1) is 11.3. The van der Waals surface area contributed by atoms with E-state index in [4.69, 9.17) is 0 Å². The molecule has 0 aliphatic carbocycles. The third-order valence-corrected chi connectivity index (χ3v) is 3.19. The van der Waals surface area contributed by atoms with Crippen LogP contribution >= 0.6 is 0 Å². The molecule has 1 aliphatic rings. The molecule has 1 aromatic heterocycles. The molecule has 0 N–H and O–H groups in total. The van der Waals surface area contributed by atoms with E-state index in [1.165, 1.54) is 0 Å². The number of rotatable bonds is 1. The summed E-state index contributed by atoms with van der Waals surface area (Å²) in [5.74, 6) is -2.04. The van der Waals surface area contributed by atoms with Gasteiger partial charge in [0.05, 0.1) is 23.3 Å². The topological polar surface area (TPSA) is 29.0 Å². The van der Waals surface area contributed by atoms with E-state index in [9.17, 15) is 8.78 Å². The molecule has 3 rings (SSSR count). The van der Waals surface area contributed by atoms with Crippen LogP contribution in [0.15, 0.2) is 24.3 Å². The minimum Gasteiger partial charge on any atom is -0.349 e. The summed E-state index contributed by atoms with van der Waals surface area (Å²) in [7, 11) is 0. The van der Waals surface area contributed by atoms with Gasteiger partial charge < -0.3 is 4.90 Å². The summed E-state index contributed by atoms with van der Waals surface area (Å²) >= 11 is 0. The van der Waals surface area contributed by atoms with Crippen molar-refractivity contribution in [1.82, 2.24) is 9.97 Å². The quantitative estimate of drug-likeness (QED) is 0.778. The van der Waals surface area contributed by atoms with E-state index >= 15 is 0 Å². The molecule has 18 heavy (non-hydrogen) atoms. The number of benzene rings is 1. The zero-order valence-electron chi connectivity index (χ0n) is 10.0. The van der Waals surface area contributed by atoms with Crippen LogP contribution in [0.25, 0.3) is 11.0 Å². The maximum Gasteiger partial charge on any atom is 0.266 e. The number of anilines is 1. The SMILES string of the molecule is Cc1nc2ccccc2nc1N1CCC(F)(F)C1. The van der Waals surface area contributed by atoms with Gasteiger partial charge in [0.15, 0.2) is 5.82 Å². The zero-order valence-corrected chi connectivity index (χ0v) is 10.0. The molecule has 1 saturated heterocycles. The van der Waals surface area contributed by atoms with Crippen LogP contribution in [0.5, 0.6) is 0 Å². The summed E-state index contributed by atoms with van der Waals surface area (Å²) in [5.41, 5.74) is 2.24. The fourth-order valence-electron chi connectivity index (χ4n) is 2.30. The first-order valence-electron chi connectivity index (χ1n) is 5.91. The van der Waals surface area contributed by atoms with Gasteiger partial charge in [-0.2, -0.15) is 0 Å². The molecule has 2 heterocycles. The Balaban J connectivity index is 2.04. The predicted molar refractivity (Wildman–Crippen MR) is 66.1 cm³/mol. The van der Waals surface area contributed by atoms with Crippen LogP contribution in [0.1, 0.15) is 12.1 Å². The molecule has 1 aromatic carbocycles. The molecule has 0 spiro atoms. The van der Waals surface area contributed by atoms with E-state index < -0.39 is 5.92 Å². The molecule has 0 saturated carbocycles. The fraction of sp³-hybridized carbons (Fsp3) is 0.385. The smallest absolute Gasteiger partial charge is 0.266 e. The normalized spacial score (nSPS) is 18.5. The second-order valence-electron chi connectivity index (χ2n) is 4.65. The summed E-state index contributed by atoms with van der Waals surface area (Å²) in [5, 5.41) is 0. The molecule has 1 fully saturated rings. The Labute approximate surface area is 103 Å². The Morgan fingerprint density at radius 1 is 1.17 bits per heavy atom. The maximum absolute atomic E-state index is 13.2. The lowest BCUT2D eigenvalue weighted by Crippen LogP contribution is -2.26. The highest BCUT2D eigenvalue weighted by Gasteiger charge is 2.39. The molecule has 3 nitrogen and oxygen atoms in total. The number of fused-ring (bicyclic) bond motifs is 1. The van der Waals surface area contributed by atoms with Crippen molar-refractivity contribution < 1.29 is 8.78 Å². The van der Waals surface area contributed by atoms with Crippen molar-refractivity contribution in [1.29, 1.82) is 0 Å². The van der Waals surface area contributed by atoms with E-state index in [1.807, 2.05) is 31.2 Å². The van der Waals surface area contributed by atoms with Crippen LogP contribution in [0, 0.1) is 6.92 Å². The molecule has 0 radical (unpaired) electrons. The van der Waals surface area contributed by atoms with Crippen molar-refractivity contribution >= 4 is 16.9 Å². The van der Waals surface area contributed by atoms with Crippen LogP contribution in [0.3, 0.4) is 0 Å². The predicted octanol–water partition coefficient (Wildman–Crippen LogP) is 2.78. The first-order chi connectivity index (χ1) is 8.55. The number of hydrogen-bond donors (Lipinski definition) is 0. The van der Waals surface area contributed by atoms with Gasteiger partial charge in [-0.15, -0.1) is 0 Å². The summed E-state index contributed by atoms with van der Waals surface area (Å²) in [6.45, 7) is 1.88. The van der Waals surface area contributed by atoms with Crippen LogP contribution in [-0.4, -0.2) is 29.0 Å². The van der Waals surface area contributed by atoms with E-state index in [1.54, 1.807) is 4.90 Å². The maximum atomic E-state index is 13.2. The molecular weight excluding hydrogens is 236 g/mol. The summed E-state index contributed by atoms with van der Waals surface area (Å²) < 4.78 is 26.5. The van der Waals surface area contributed by atoms with Crippen LogP contribution in [0.4, 0.5) is 14.6 Å². The average Bonchev–Trinajstić information content (AvgIpc) is 2.68. The minimum atomic E-state index is -2.61. The van der Waals surface area contributed by atoms with E-state index in [-0.39, 0.29) is 13.0 Å². The molecule has 2 aromatic rings. The number of nitrogens with zero attached hydrogens (tertiary/aromatic N) is 3. The van der Waals surface area contributed by atoms with Crippen molar-refractivity contribution in [3.05, 3.63) is 30.0 Å². The van der Waals surface area contributed by atoms with Gasteiger partial charge in [-0.25, -0.2) is 18.7 Å². The third kappa shape index (κ3) is 1.89. The Morgan fingerprint density at radius 3 is 2.44 bits per heavy atom. The molecule has 94 valence electrons. The van der Waals surface area contributed by atoms with Gasteiger partial charge in [-0.05, 0) is 19.1 Å². The second kappa shape index (κ2) is 3.86. The number of aryl methyl sites for hydroxylation is 1. The van der Waals surface area contributed by atoms with Crippen LogP contribution in [-0.2, 0) is 0 Å². The molecule has 0 unspecified atom stereocenters. The van der Waals surface area contributed by atoms with Gasteiger partial charge >= 0.3 is 0 Å². The molecule has 1 aliphatic heterocycles. The van der Waals surface area contributed by atoms with Gasteiger partial charge in [0.25, 0.3) is 5.92 Å². The Kier molecular flexibility index (Phi) is 2.43. The lowest BCUT2D eigenvalue weighted by atomic mass is 10.3. The lowest BCUT2D eigenvalue weighted by Gasteiger charge is -2.19. The van der Waals surface area contributed by atoms with Crippen molar-refractivity contribution in [2.75, 3.05) is 18.0 Å². The van der Waals surface area contributed by atoms with Crippen LogP contribution in [0.2, 0.25) is 0 Å². The van der Waals surface area contributed by atoms with Gasteiger partial charge in [0.2, 0.25) is 0 Å². The number of hydrogen-bond acceptors (Lipinski definition) is 3. The molecule has 5 heteroatoms. The average molecular weight is 249 g/mol. The van der Waals surface area contributed by atoms with Crippen molar-refractivity contribution in [3.63, 3.8) is 0 Å². The molecular formula is C13H13F2N3. The van der Waals surface area contributed by atoms with Crippen molar-refractivity contribution in [2.24, 2.45) is 0 Å².